The number of rotatable bonds is 3. The number of hydrogen-bond acceptors (Lipinski definition) is 2. The van der Waals surface area contributed by atoms with Crippen molar-refractivity contribution in [1.82, 2.24) is 4.90 Å². The zero-order chi connectivity index (χ0) is 19.9. The first-order valence-electron chi connectivity index (χ1n) is 9.05. The van der Waals surface area contributed by atoms with Crippen molar-refractivity contribution in [3.8, 4) is 5.69 Å². The molecule has 0 unspecified atom stereocenters. The van der Waals surface area contributed by atoms with E-state index in [0.29, 0.717) is 11.4 Å². The number of anilines is 1. The Morgan fingerprint density at radius 2 is 1.78 bits per heavy atom. The van der Waals surface area contributed by atoms with E-state index in [1.165, 1.54) is 12.1 Å². The summed E-state index contributed by atoms with van der Waals surface area (Å²) in [4.78, 5) is 4.03. The fourth-order valence-electron chi connectivity index (χ4n) is 3.59. The molecule has 1 atom stereocenters. The Labute approximate surface area is 158 Å². The summed E-state index contributed by atoms with van der Waals surface area (Å²) in [6.45, 7) is 9.90. The lowest BCUT2D eigenvalue weighted by atomic mass is 10.0. The molecule has 0 saturated heterocycles. The van der Waals surface area contributed by atoms with Crippen LogP contribution in [-0.2, 0) is 6.18 Å². The summed E-state index contributed by atoms with van der Waals surface area (Å²) >= 11 is 0. The molecule has 0 fully saturated rings. The number of halogens is 3. The van der Waals surface area contributed by atoms with Crippen molar-refractivity contribution in [2.24, 2.45) is 0 Å². The number of benzene rings is 1. The average molecular weight is 376 g/mol. The van der Waals surface area contributed by atoms with Crippen molar-refractivity contribution in [3.63, 3.8) is 0 Å². The van der Waals surface area contributed by atoms with E-state index in [4.69, 9.17) is 0 Å². The number of pyridine rings is 1. The molecule has 3 rings (SSSR count). The van der Waals surface area contributed by atoms with Crippen molar-refractivity contribution < 1.29 is 17.7 Å². The standard InChI is InChI=1S/C21H25F3N3/c1-14(2)25-10-11-27(17(25)5)20-13-18(21(22,23)24)12-19(16(20)4)26-9-7-6-8-15(26)3/h6-14,17H,1-5H3/q+1/t17-/m1/s1. The van der Waals surface area contributed by atoms with Gasteiger partial charge in [0.25, 0.3) is 0 Å². The smallest absolute Gasteiger partial charge is 0.353 e. The third kappa shape index (κ3) is 3.53. The van der Waals surface area contributed by atoms with E-state index in [0.717, 1.165) is 11.3 Å². The summed E-state index contributed by atoms with van der Waals surface area (Å²) in [7, 11) is 0. The van der Waals surface area contributed by atoms with Gasteiger partial charge in [-0.05, 0) is 33.8 Å². The second kappa shape index (κ2) is 6.91. The van der Waals surface area contributed by atoms with Crippen molar-refractivity contribution in [3.05, 3.63) is 65.7 Å². The summed E-state index contributed by atoms with van der Waals surface area (Å²) in [5, 5.41) is 0. The Hall–Kier alpha value is -2.50. The third-order valence-corrected chi connectivity index (χ3v) is 5.11. The van der Waals surface area contributed by atoms with Gasteiger partial charge in [0.1, 0.15) is 6.17 Å². The first-order chi connectivity index (χ1) is 12.6. The van der Waals surface area contributed by atoms with Crippen LogP contribution in [0.4, 0.5) is 18.9 Å². The summed E-state index contributed by atoms with van der Waals surface area (Å²) in [6.07, 6.45) is 1.13. The molecule has 0 bridgehead atoms. The second-order valence-corrected chi connectivity index (χ2v) is 7.23. The highest BCUT2D eigenvalue weighted by Gasteiger charge is 2.36. The topological polar surface area (TPSA) is 10.4 Å². The van der Waals surface area contributed by atoms with Gasteiger partial charge in [-0.3, -0.25) is 0 Å². The second-order valence-electron chi connectivity index (χ2n) is 7.23. The van der Waals surface area contributed by atoms with Gasteiger partial charge < -0.3 is 9.80 Å². The average Bonchev–Trinajstić information content (AvgIpc) is 2.96. The summed E-state index contributed by atoms with van der Waals surface area (Å²) < 4.78 is 42.7. The van der Waals surface area contributed by atoms with Gasteiger partial charge in [0.15, 0.2) is 11.9 Å². The van der Waals surface area contributed by atoms with Crippen LogP contribution in [0.3, 0.4) is 0 Å². The summed E-state index contributed by atoms with van der Waals surface area (Å²) in [5.41, 5.74) is 2.16. The first kappa shape index (κ1) is 19.3. The molecule has 0 N–H and O–H groups in total. The van der Waals surface area contributed by atoms with Crippen LogP contribution in [0.5, 0.6) is 0 Å². The molecule has 0 spiro atoms. The normalized spacial score (nSPS) is 17.3. The van der Waals surface area contributed by atoms with Crippen LogP contribution in [0, 0.1) is 13.8 Å². The quantitative estimate of drug-likeness (QED) is 0.702. The van der Waals surface area contributed by atoms with Crippen molar-refractivity contribution in [2.75, 3.05) is 4.90 Å². The van der Waals surface area contributed by atoms with E-state index >= 15 is 0 Å². The largest absolute Gasteiger partial charge is 0.416 e. The number of aryl methyl sites for hydroxylation is 1. The highest BCUT2D eigenvalue weighted by Crippen LogP contribution is 2.37. The fraction of sp³-hybridized carbons (Fsp3) is 0.381. The van der Waals surface area contributed by atoms with E-state index in [9.17, 15) is 13.2 Å². The van der Waals surface area contributed by atoms with E-state index in [-0.39, 0.29) is 12.2 Å². The molecule has 2 heterocycles. The number of nitrogens with zero attached hydrogens (tertiary/aromatic N) is 3. The zero-order valence-corrected chi connectivity index (χ0v) is 16.2. The Morgan fingerprint density at radius 1 is 1.07 bits per heavy atom. The minimum absolute atomic E-state index is 0.0538. The molecule has 0 saturated carbocycles. The van der Waals surface area contributed by atoms with Gasteiger partial charge >= 0.3 is 6.18 Å². The lowest BCUT2D eigenvalue weighted by molar-refractivity contribution is -0.603. The number of alkyl halides is 3. The maximum absolute atomic E-state index is 13.6. The Balaban J connectivity index is 2.19. The molecule has 1 aromatic carbocycles. The van der Waals surface area contributed by atoms with Crippen LogP contribution < -0.4 is 9.47 Å². The van der Waals surface area contributed by atoms with Crippen LogP contribution in [0.2, 0.25) is 0 Å². The minimum atomic E-state index is -4.41. The van der Waals surface area contributed by atoms with Crippen molar-refractivity contribution in [1.29, 1.82) is 0 Å². The zero-order valence-electron chi connectivity index (χ0n) is 16.2. The molecule has 0 radical (unpaired) electrons. The first-order valence-corrected chi connectivity index (χ1v) is 9.05. The van der Waals surface area contributed by atoms with Crippen molar-refractivity contribution in [2.45, 2.75) is 53.0 Å². The summed E-state index contributed by atoms with van der Waals surface area (Å²) in [6, 6.07) is 8.33. The SMILES string of the molecule is Cc1c(N2C=CN(C(C)C)[C@H]2C)cc(C(F)(F)F)cc1-[n+]1ccccc1C. The molecule has 6 heteroatoms. The lowest BCUT2D eigenvalue weighted by Gasteiger charge is -2.33. The van der Waals surface area contributed by atoms with Gasteiger partial charge in [0, 0.05) is 49.1 Å². The molecule has 2 aromatic rings. The highest BCUT2D eigenvalue weighted by molar-refractivity contribution is 5.64. The monoisotopic (exact) mass is 376 g/mol. The Morgan fingerprint density at radius 3 is 2.33 bits per heavy atom. The van der Waals surface area contributed by atoms with Gasteiger partial charge in [0.2, 0.25) is 5.69 Å². The van der Waals surface area contributed by atoms with Crippen LogP contribution in [-0.4, -0.2) is 17.1 Å². The Bertz CT molecular complexity index is 871. The minimum Gasteiger partial charge on any atom is -0.353 e. The van der Waals surface area contributed by atoms with E-state index in [2.05, 4.69) is 18.7 Å². The van der Waals surface area contributed by atoms with E-state index in [1.807, 2.05) is 56.3 Å². The molecular weight excluding hydrogens is 351 g/mol. The molecule has 0 amide bonds. The number of hydrogen-bond donors (Lipinski definition) is 0. The van der Waals surface area contributed by atoms with Crippen LogP contribution in [0.15, 0.2) is 48.9 Å². The van der Waals surface area contributed by atoms with Gasteiger partial charge in [-0.2, -0.15) is 17.7 Å². The van der Waals surface area contributed by atoms with Crippen molar-refractivity contribution >= 4 is 5.69 Å². The van der Waals surface area contributed by atoms with Gasteiger partial charge in [-0.1, -0.05) is 6.07 Å². The van der Waals surface area contributed by atoms with E-state index in [1.54, 1.807) is 10.8 Å². The van der Waals surface area contributed by atoms with Gasteiger partial charge in [0.05, 0.1) is 11.3 Å². The molecule has 27 heavy (non-hydrogen) atoms. The van der Waals surface area contributed by atoms with Gasteiger partial charge in [-0.15, -0.1) is 0 Å². The maximum Gasteiger partial charge on any atom is 0.416 e. The predicted octanol–water partition coefficient (Wildman–Crippen LogP) is 4.95. The highest BCUT2D eigenvalue weighted by atomic mass is 19.4. The molecule has 1 aliphatic heterocycles. The maximum atomic E-state index is 13.6. The molecule has 144 valence electrons. The van der Waals surface area contributed by atoms with E-state index < -0.39 is 11.7 Å². The third-order valence-electron chi connectivity index (χ3n) is 5.11. The predicted molar refractivity (Wildman–Crippen MR) is 101 cm³/mol. The molecule has 1 aliphatic rings. The van der Waals surface area contributed by atoms with Crippen LogP contribution in [0.1, 0.15) is 37.6 Å². The molecule has 1 aromatic heterocycles. The van der Waals surface area contributed by atoms with Crippen LogP contribution >= 0.6 is 0 Å². The molecular formula is C21H25F3N3+. The number of aromatic nitrogens is 1. The van der Waals surface area contributed by atoms with Crippen LogP contribution in [0.25, 0.3) is 5.69 Å². The summed E-state index contributed by atoms with van der Waals surface area (Å²) in [5.74, 6) is 0. The lowest BCUT2D eigenvalue weighted by Crippen LogP contribution is -2.40. The molecule has 0 aliphatic carbocycles. The molecule has 3 nitrogen and oxygen atoms in total. The Kier molecular flexibility index (Phi) is 4.93. The van der Waals surface area contributed by atoms with Gasteiger partial charge in [-0.25, -0.2) is 0 Å². The fourth-order valence-corrected chi connectivity index (χ4v) is 3.59.